The van der Waals surface area contributed by atoms with Crippen LogP contribution in [0.4, 0.5) is 0 Å². The fourth-order valence-electron chi connectivity index (χ4n) is 2.90. The number of carbonyl (C=O) groups is 4. The lowest BCUT2D eigenvalue weighted by atomic mass is 9.97. The van der Waals surface area contributed by atoms with Gasteiger partial charge < -0.3 is 25.4 Å². The number of ether oxygens (including phenoxy) is 2. The summed E-state index contributed by atoms with van der Waals surface area (Å²) in [6.07, 6.45) is 1.32. The maximum atomic E-state index is 12.2. The first-order valence-electron chi connectivity index (χ1n) is 9.15. The van der Waals surface area contributed by atoms with Crippen LogP contribution in [0.3, 0.4) is 0 Å². The van der Waals surface area contributed by atoms with Gasteiger partial charge in [0.15, 0.2) is 6.61 Å². The Bertz CT molecular complexity index is 736. The first kappa shape index (κ1) is 21.2. The molecule has 0 aliphatic carbocycles. The number of nitrogens with two attached hydrogens (primary N) is 1. The summed E-state index contributed by atoms with van der Waals surface area (Å²) in [4.78, 5) is 48.9. The molecule has 0 spiro atoms. The van der Waals surface area contributed by atoms with E-state index in [9.17, 15) is 19.2 Å². The average molecular weight is 391 g/mol. The summed E-state index contributed by atoms with van der Waals surface area (Å²) in [6, 6.07) is 6.67. The van der Waals surface area contributed by atoms with Gasteiger partial charge in [-0.2, -0.15) is 0 Å². The molecule has 1 atom stereocenters. The summed E-state index contributed by atoms with van der Waals surface area (Å²) in [5, 5.41) is 2.44. The molecule has 3 amide bonds. The van der Waals surface area contributed by atoms with E-state index in [1.807, 2.05) is 0 Å². The smallest absolute Gasteiger partial charge is 0.325 e. The third-order valence-corrected chi connectivity index (χ3v) is 4.36. The number of rotatable bonds is 8. The molecule has 1 aliphatic heterocycles. The second-order valence-corrected chi connectivity index (χ2v) is 6.35. The molecule has 1 heterocycles. The van der Waals surface area contributed by atoms with E-state index in [1.54, 1.807) is 31.2 Å². The number of benzene rings is 1. The third kappa shape index (κ3) is 5.97. The van der Waals surface area contributed by atoms with Gasteiger partial charge in [-0.25, -0.2) is 0 Å². The Hall–Kier alpha value is -3.10. The van der Waals surface area contributed by atoms with E-state index in [0.29, 0.717) is 37.3 Å². The van der Waals surface area contributed by atoms with Crippen molar-refractivity contribution in [1.29, 1.82) is 0 Å². The first-order valence-corrected chi connectivity index (χ1v) is 9.15. The molecule has 1 aromatic rings. The number of amides is 3. The molecule has 1 fully saturated rings. The summed E-state index contributed by atoms with van der Waals surface area (Å²) in [7, 11) is 0. The van der Waals surface area contributed by atoms with E-state index < -0.39 is 30.3 Å². The number of primary amides is 1. The van der Waals surface area contributed by atoms with E-state index in [2.05, 4.69) is 5.32 Å². The number of nitrogens with zero attached hydrogens (tertiary/aromatic N) is 1. The molecule has 0 radical (unpaired) electrons. The van der Waals surface area contributed by atoms with Crippen molar-refractivity contribution < 1.29 is 28.7 Å². The Morgan fingerprint density at radius 3 is 2.71 bits per heavy atom. The Balaban J connectivity index is 1.77. The summed E-state index contributed by atoms with van der Waals surface area (Å²) in [5.41, 5.74) is 5.59. The maximum Gasteiger partial charge on any atom is 0.325 e. The van der Waals surface area contributed by atoms with E-state index >= 15 is 0 Å². The molecule has 28 heavy (non-hydrogen) atoms. The second kappa shape index (κ2) is 10.3. The largest absolute Gasteiger partial charge is 0.493 e. The van der Waals surface area contributed by atoms with Gasteiger partial charge in [0.25, 0.3) is 11.8 Å². The van der Waals surface area contributed by atoms with Crippen LogP contribution in [0.5, 0.6) is 5.75 Å². The quantitative estimate of drug-likeness (QED) is 0.604. The average Bonchev–Trinajstić information content (AvgIpc) is 2.71. The van der Waals surface area contributed by atoms with Crippen LogP contribution < -0.4 is 15.8 Å². The number of esters is 1. The zero-order valence-corrected chi connectivity index (χ0v) is 15.8. The Labute approximate surface area is 163 Å². The van der Waals surface area contributed by atoms with Crippen LogP contribution in [0.15, 0.2) is 24.3 Å². The molecule has 2 rings (SSSR count). The fourth-order valence-corrected chi connectivity index (χ4v) is 2.90. The van der Waals surface area contributed by atoms with Gasteiger partial charge in [-0.05, 0) is 31.9 Å². The van der Waals surface area contributed by atoms with E-state index in [0.717, 1.165) is 0 Å². The first-order chi connectivity index (χ1) is 13.4. The van der Waals surface area contributed by atoms with Gasteiger partial charge in [0, 0.05) is 13.1 Å². The molecule has 1 saturated heterocycles. The SMILES string of the molecule is CCOc1ccccc1C(=O)NCC(=O)OCC(=O)N1CCC[C@@H](C(N)=O)C1. The molecule has 1 aromatic carbocycles. The Morgan fingerprint density at radius 1 is 1.25 bits per heavy atom. The van der Waals surface area contributed by atoms with Gasteiger partial charge in [0.2, 0.25) is 5.91 Å². The van der Waals surface area contributed by atoms with Crippen molar-refractivity contribution in [2.45, 2.75) is 19.8 Å². The highest BCUT2D eigenvalue weighted by molar-refractivity contribution is 5.98. The van der Waals surface area contributed by atoms with Gasteiger partial charge in [0.05, 0.1) is 18.1 Å². The van der Waals surface area contributed by atoms with Crippen LogP contribution in [-0.4, -0.2) is 61.4 Å². The van der Waals surface area contributed by atoms with Crippen LogP contribution in [0.1, 0.15) is 30.1 Å². The summed E-state index contributed by atoms with van der Waals surface area (Å²) >= 11 is 0. The van der Waals surface area contributed by atoms with Gasteiger partial charge in [-0.1, -0.05) is 12.1 Å². The van der Waals surface area contributed by atoms with Crippen LogP contribution in [0.25, 0.3) is 0 Å². The minimum atomic E-state index is -0.737. The summed E-state index contributed by atoms with van der Waals surface area (Å²) < 4.78 is 10.3. The molecular weight excluding hydrogens is 366 g/mol. The molecule has 0 saturated carbocycles. The molecular formula is C19H25N3O6. The lowest BCUT2D eigenvalue weighted by Crippen LogP contribution is -2.45. The van der Waals surface area contributed by atoms with Gasteiger partial charge in [-0.3, -0.25) is 19.2 Å². The third-order valence-electron chi connectivity index (χ3n) is 4.36. The van der Waals surface area contributed by atoms with Crippen LogP contribution >= 0.6 is 0 Å². The van der Waals surface area contributed by atoms with Crippen LogP contribution in [0.2, 0.25) is 0 Å². The van der Waals surface area contributed by atoms with E-state index in [1.165, 1.54) is 4.90 Å². The van der Waals surface area contributed by atoms with Crippen molar-refractivity contribution >= 4 is 23.7 Å². The zero-order chi connectivity index (χ0) is 20.5. The number of hydrogen-bond donors (Lipinski definition) is 2. The molecule has 0 bridgehead atoms. The molecule has 9 heteroatoms. The van der Waals surface area contributed by atoms with Crippen molar-refractivity contribution in [1.82, 2.24) is 10.2 Å². The van der Waals surface area contributed by atoms with Gasteiger partial charge in [-0.15, -0.1) is 0 Å². The highest BCUT2D eigenvalue weighted by Crippen LogP contribution is 2.18. The Kier molecular flexibility index (Phi) is 7.79. The minimum Gasteiger partial charge on any atom is -0.493 e. The van der Waals surface area contributed by atoms with E-state index in [-0.39, 0.29) is 19.0 Å². The molecule has 9 nitrogen and oxygen atoms in total. The number of hydrogen-bond acceptors (Lipinski definition) is 6. The normalized spacial score (nSPS) is 16.2. The Morgan fingerprint density at radius 2 is 2.00 bits per heavy atom. The fraction of sp³-hybridized carbons (Fsp3) is 0.474. The highest BCUT2D eigenvalue weighted by atomic mass is 16.5. The van der Waals surface area contributed by atoms with E-state index in [4.69, 9.17) is 15.2 Å². The second-order valence-electron chi connectivity index (χ2n) is 6.35. The molecule has 3 N–H and O–H groups in total. The molecule has 152 valence electrons. The monoisotopic (exact) mass is 391 g/mol. The van der Waals surface area contributed by atoms with Crippen molar-refractivity contribution in [3.05, 3.63) is 29.8 Å². The topological polar surface area (TPSA) is 128 Å². The maximum absolute atomic E-state index is 12.2. The summed E-state index contributed by atoms with van der Waals surface area (Å²) in [5.74, 6) is -2.01. The number of likely N-dealkylation sites (tertiary alicyclic amines) is 1. The molecule has 0 aromatic heterocycles. The highest BCUT2D eigenvalue weighted by Gasteiger charge is 2.27. The van der Waals surface area contributed by atoms with Crippen molar-refractivity contribution in [2.24, 2.45) is 11.7 Å². The lowest BCUT2D eigenvalue weighted by Gasteiger charge is -2.31. The summed E-state index contributed by atoms with van der Waals surface area (Å²) in [6.45, 7) is 2.10. The molecule has 1 aliphatic rings. The van der Waals surface area contributed by atoms with Gasteiger partial charge >= 0.3 is 5.97 Å². The predicted molar refractivity (Wildman–Crippen MR) is 99.4 cm³/mol. The lowest BCUT2D eigenvalue weighted by molar-refractivity contribution is -0.152. The van der Waals surface area contributed by atoms with Crippen molar-refractivity contribution in [2.75, 3.05) is 32.8 Å². The molecule has 0 unspecified atom stereocenters. The standard InChI is InChI=1S/C19H25N3O6/c1-2-27-15-8-4-3-7-14(15)19(26)21-10-17(24)28-12-16(23)22-9-5-6-13(11-22)18(20)25/h3-4,7-8,13H,2,5-6,9-12H2,1H3,(H2,20,25)(H,21,26)/t13-/m1/s1. The number of para-hydroxylation sites is 1. The van der Waals surface area contributed by atoms with Gasteiger partial charge in [0.1, 0.15) is 12.3 Å². The minimum absolute atomic E-state index is 0.233. The van der Waals surface area contributed by atoms with Crippen molar-refractivity contribution in [3.8, 4) is 5.75 Å². The number of piperidine rings is 1. The number of nitrogens with one attached hydrogen (secondary N) is 1. The van der Waals surface area contributed by atoms with Crippen molar-refractivity contribution in [3.63, 3.8) is 0 Å². The number of carbonyl (C=O) groups excluding carboxylic acids is 4. The predicted octanol–water partition coefficient (Wildman–Crippen LogP) is 0.0822. The zero-order valence-electron chi connectivity index (χ0n) is 15.8. The van der Waals surface area contributed by atoms with Crippen LogP contribution in [-0.2, 0) is 19.1 Å². The van der Waals surface area contributed by atoms with Crippen LogP contribution in [0, 0.1) is 5.92 Å².